The minimum absolute atomic E-state index is 0.109. The van der Waals surface area contributed by atoms with Gasteiger partial charge in [0.1, 0.15) is 11.6 Å². The molecule has 3 fully saturated rings. The molecule has 2 bridgehead atoms. The fourth-order valence-corrected chi connectivity index (χ4v) is 6.56. The van der Waals surface area contributed by atoms with Crippen molar-refractivity contribution < 1.29 is 29.3 Å². The number of nitrogens with zero attached hydrogens (tertiary/aromatic N) is 2. The number of carbonyl (C=O) groups excluding carboxylic acids is 2. The Bertz CT molecular complexity index is 995. The summed E-state index contributed by atoms with van der Waals surface area (Å²) in [6, 6.07) is 4.44. The molecule has 0 saturated carbocycles. The van der Waals surface area contributed by atoms with Crippen LogP contribution in [0.3, 0.4) is 0 Å². The first-order chi connectivity index (χ1) is 16.8. The molecular formula is C26H33ClN2O6. The van der Waals surface area contributed by atoms with E-state index in [1.165, 1.54) is 0 Å². The number of aryl methyl sites for hydroxylation is 1. The molecule has 0 aliphatic carbocycles. The van der Waals surface area contributed by atoms with Gasteiger partial charge in [-0.3, -0.25) is 14.4 Å². The second-order valence-corrected chi connectivity index (χ2v) is 10.1. The number of benzene rings is 1. The van der Waals surface area contributed by atoms with Crippen molar-refractivity contribution in [1.29, 1.82) is 0 Å². The summed E-state index contributed by atoms with van der Waals surface area (Å²) in [6.45, 7) is 6.29. The molecule has 2 unspecified atom stereocenters. The predicted octanol–water partition coefficient (Wildman–Crippen LogP) is 3.18. The fourth-order valence-electron chi connectivity index (χ4n) is 6.24. The number of hydrogen-bond acceptors (Lipinski definition) is 5. The molecule has 0 aromatic heterocycles. The zero-order valence-corrected chi connectivity index (χ0v) is 20.7. The molecule has 2 N–H and O–H groups in total. The summed E-state index contributed by atoms with van der Waals surface area (Å²) in [7, 11) is 0. The molecule has 2 amide bonds. The lowest BCUT2D eigenvalue weighted by Crippen LogP contribution is -2.56. The van der Waals surface area contributed by atoms with Gasteiger partial charge in [-0.05, 0) is 44.2 Å². The van der Waals surface area contributed by atoms with Gasteiger partial charge in [0.25, 0.3) is 5.91 Å². The molecule has 3 saturated heterocycles. The van der Waals surface area contributed by atoms with Crippen LogP contribution in [0.15, 0.2) is 30.9 Å². The zero-order chi connectivity index (χ0) is 25.3. The number of carboxylic acid groups (broad SMARTS) is 1. The molecular weight excluding hydrogens is 472 g/mol. The first kappa shape index (κ1) is 25.7. The number of para-hydroxylation sites is 1. The quantitative estimate of drug-likeness (QED) is 0.354. The number of likely N-dealkylation sites (tertiary alicyclic amines) is 1. The zero-order valence-electron chi connectivity index (χ0n) is 20.0. The van der Waals surface area contributed by atoms with E-state index in [1.807, 2.05) is 19.1 Å². The number of unbranched alkanes of at least 4 members (excludes halogenated alkanes) is 3. The van der Waals surface area contributed by atoms with Crippen LogP contribution in [0.4, 0.5) is 5.69 Å². The lowest BCUT2D eigenvalue weighted by atomic mass is 9.70. The summed E-state index contributed by atoms with van der Waals surface area (Å²) < 4.78 is 6.28. The van der Waals surface area contributed by atoms with E-state index in [4.69, 9.17) is 21.4 Å². The molecule has 1 aromatic rings. The maximum Gasteiger partial charge on any atom is 0.310 e. The Morgan fingerprint density at radius 1 is 1.31 bits per heavy atom. The van der Waals surface area contributed by atoms with Crippen molar-refractivity contribution in [3.05, 3.63) is 41.4 Å². The third-order valence-corrected chi connectivity index (χ3v) is 7.97. The molecule has 1 spiro atoms. The van der Waals surface area contributed by atoms with Gasteiger partial charge < -0.3 is 24.7 Å². The maximum absolute atomic E-state index is 14.3. The van der Waals surface area contributed by atoms with Gasteiger partial charge in [0.05, 0.1) is 28.6 Å². The minimum atomic E-state index is -1.17. The first-order valence-corrected chi connectivity index (χ1v) is 12.7. The molecule has 8 nitrogen and oxygen atoms in total. The number of fused-ring (bicyclic) bond motifs is 1. The highest BCUT2D eigenvalue weighted by Crippen LogP contribution is 2.58. The average molecular weight is 505 g/mol. The topological polar surface area (TPSA) is 107 Å². The number of ether oxygens (including phenoxy) is 1. The molecule has 0 radical (unpaired) electrons. The summed E-state index contributed by atoms with van der Waals surface area (Å²) in [6.07, 6.45) is 4.91. The summed E-state index contributed by atoms with van der Waals surface area (Å²) in [5.74, 6) is -3.56. The molecule has 3 aliphatic heterocycles. The van der Waals surface area contributed by atoms with E-state index in [9.17, 15) is 19.5 Å². The Balaban J connectivity index is 1.73. The molecule has 35 heavy (non-hydrogen) atoms. The third-order valence-electron chi connectivity index (χ3n) is 7.66. The molecule has 5 atom stereocenters. The molecule has 1 aromatic carbocycles. The average Bonchev–Trinajstić information content (AvgIpc) is 3.45. The van der Waals surface area contributed by atoms with Gasteiger partial charge in [0.15, 0.2) is 0 Å². The molecule has 3 aliphatic rings. The van der Waals surface area contributed by atoms with E-state index in [-0.39, 0.29) is 25.0 Å². The number of aliphatic hydroxyl groups excluding tert-OH is 1. The Morgan fingerprint density at radius 2 is 2.06 bits per heavy atom. The van der Waals surface area contributed by atoms with Gasteiger partial charge >= 0.3 is 5.97 Å². The largest absolute Gasteiger partial charge is 0.481 e. The van der Waals surface area contributed by atoms with Crippen molar-refractivity contribution >= 4 is 35.1 Å². The summed E-state index contributed by atoms with van der Waals surface area (Å²) in [4.78, 5) is 43.2. The first-order valence-electron chi connectivity index (χ1n) is 12.3. The van der Waals surface area contributed by atoms with E-state index in [1.54, 1.807) is 21.9 Å². The fraction of sp³-hybridized carbons (Fsp3) is 0.577. The molecule has 4 rings (SSSR count). The Morgan fingerprint density at radius 3 is 2.71 bits per heavy atom. The lowest BCUT2D eigenvalue weighted by Gasteiger charge is -2.37. The van der Waals surface area contributed by atoms with Gasteiger partial charge in [-0.1, -0.05) is 42.7 Å². The van der Waals surface area contributed by atoms with Crippen molar-refractivity contribution in [2.24, 2.45) is 11.8 Å². The van der Waals surface area contributed by atoms with E-state index < -0.39 is 35.6 Å². The highest BCUT2D eigenvalue weighted by molar-refractivity contribution is 6.34. The van der Waals surface area contributed by atoms with Gasteiger partial charge in [-0.15, -0.1) is 6.58 Å². The number of amides is 2. The van der Waals surface area contributed by atoms with Crippen LogP contribution in [0.2, 0.25) is 5.02 Å². The van der Waals surface area contributed by atoms with Crippen molar-refractivity contribution in [2.75, 3.05) is 24.6 Å². The minimum Gasteiger partial charge on any atom is -0.481 e. The number of carbonyl (C=O) groups is 3. The molecule has 3 heterocycles. The van der Waals surface area contributed by atoms with Crippen LogP contribution in [-0.4, -0.2) is 70.3 Å². The van der Waals surface area contributed by atoms with E-state index in [0.717, 1.165) is 18.4 Å². The monoisotopic (exact) mass is 504 g/mol. The Kier molecular flexibility index (Phi) is 7.54. The molecule has 9 heteroatoms. The number of hydrogen-bond donors (Lipinski definition) is 2. The van der Waals surface area contributed by atoms with Crippen LogP contribution in [0.5, 0.6) is 0 Å². The smallest absolute Gasteiger partial charge is 0.310 e. The van der Waals surface area contributed by atoms with Gasteiger partial charge in [-0.25, -0.2) is 0 Å². The highest BCUT2D eigenvalue weighted by atomic mass is 35.5. The third kappa shape index (κ3) is 4.26. The highest BCUT2D eigenvalue weighted by Gasteiger charge is 2.74. The van der Waals surface area contributed by atoms with Crippen molar-refractivity contribution in [3.8, 4) is 0 Å². The number of aliphatic hydroxyl groups is 1. The Labute approximate surface area is 210 Å². The van der Waals surface area contributed by atoms with Gasteiger partial charge in [0, 0.05) is 19.7 Å². The van der Waals surface area contributed by atoms with Crippen LogP contribution < -0.4 is 4.90 Å². The second-order valence-electron chi connectivity index (χ2n) is 9.71. The van der Waals surface area contributed by atoms with Crippen molar-refractivity contribution in [3.63, 3.8) is 0 Å². The Hall–Kier alpha value is -2.42. The van der Waals surface area contributed by atoms with Crippen molar-refractivity contribution in [1.82, 2.24) is 4.90 Å². The molecule has 190 valence electrons. The number of aliphatic carboxylic acids is 1. The number of rotatable bonds is 11. The summed E-state index contributed by atoms with van der Waals surface area (Å²) in [5, 5.41) is 19.4. The standard InChI is InChI=1S/C26H33ClN2O6/c1-3-13-28(21-16(2)9-8-10-17(21)27)24(32)22-26-12-11-18(35-26)19(25(33)34)20(26)23(31)29(22)14-6-4-5-7-15-30/h3,8-10,18-20,22,30H,1,4-7,11-15H2,2H3,(H,33,34)/t18-,19+,20+,22?,26?/m1/s1. The van der Waals surface area contributed by atoms with Gasteiger partial charge in [0.2, 0.25) is 5.91 Å². The summed E-state index contributed by atoms with van der Waals surface area (Å²) in [5.41, 5.74) is 0.194. The maximum atomic E-state index is 14.3. The normalized spacial score (nSPS) is 28.9. The van der Waals surface area contributed by atoms with E-state index in [2.05, 4.69) is 6.58 Å². The van der Waals surface area contributed by atoms with E-state index in [0.29, 0.717) is 42.9 Å². The number of carboxylic acids is 1. The van der Waals surface area contributed by atoms with Crippen molar-refractivity contribution in [2.45, 2.75) is 63.2 Å². The van der Waals surface area contributed by atoms with Crippen LogP contribution in [0.1, 0.15) is 44.1 Å². The second kappa shape index (κ2) is 10.3. The van der Waals surface area contributed by atoms with Gasteiger partial charge in [-0.2, -0.15) is 0 Å². The number of anilines is 1. The summed E-state index contributed by atoms with van der Waals surface area (Å²) >= 11 is 6.52. The number of halogens is 1. The predicted molar refractivity (Wildman–Crippen MR) is 131 cm³/mol. The SMILES string of the molecule is C=CCN(C(=O)C1N(CCCCCCO)C(=O)[C@@H]2[C@@H](C(=O)O)[C@H]3CCC12O3)c1c(C)cccc1Cl. The van der Waals surface area contributed by atoms with Crippen LogP contribution in [0, 0.1) is 18.8 Å². The van der Waals surface area contributed by atoms with Crippen LogP contribution in [-0.2, 0) is 19.1 Å². The van der Waals surface area contributed by atoms with Crippen LogP contribution >= 0.6 is 11.6 Å². The van der Waals surface area contributed by atoms with Crippen LogP contribution in [0.25, 0.3) is 0 Å². The lowest BCUT2D eigenvalue weighted by molar-refractivity contribution is -0.149. The van der Waals surface area contributed by atoms with E-state index >= 15 is 0 Å².